The van der Waals surface area contributed by atoms with Crippen LogP contribution >= 0.6 is 12.2 Å². The molecule has 0 atom stereocenters. The predicted molar refractivity (Wildman–Crippen MR) is 101 cm³/mol. The molecule has 0 saturated heterocycles. The van der Waals surface area contributed by atoms with Crippen LogP contribution in [0.1, 0.15) is 18.2 Å². The van der Waals surface area contributed by atoms with E-state index in [1.54, 1.807) is 0 Å². The highest BCUT2D eigenvalue weighted by Crippen LogP contribution is 2.15. The molecule has 0 saturated carbocycles. The van der Waals surface area contributed by atoms with Gasteiger partial charge in [-0.2, -0.15) is 0 Å². The van der Waals surface area contributed by atoms with E-state index in [0.29, 0.717) is 6.54 Å². The molecule has 1 heterocycles. The molecule has 1 aromatic heterocycles. The monoisotopic (exact) mass is 328 g/mol. The number of pyridine rings is 1. The summed E-state index contributed by atoms with van der Waals surface area (Å²) in [5, 5.41) is 4.00. The zero-order valence-corrected chi connectivity index (χ0v) is 14.8. The molecule has 0 aliphatic heterocycles. The Morgan fingerprint density at radius 3 is 2.39 bits per heavy atom. The molecule has 4 nitrogen and oxygen atoms in total. The molecule has 0 spiro atoms. The minimum absolute atomic E-state index is 0.697. The van der Waals surface area contributed by atoms with E-state index < -0.39 is 0 Å². The first-order valence-corrected chi connectivity index (χ1v) is 8.20. The van der Waals surface area contributed by atoms with Crippen molar-refractivity contribution in [2.75, 3.05) is 25.5 Å². The van der Waals surface area contributed by atoms with Gasteiger partial charge < -0.3 is 15.1 Å². The van der Waals surface area contributed by atoms with Gasteiger partial charge in [0.2, 0.25) is 0 Å². The number of hydrogen-bond acceptors (Lipinski definition) is 3. The van der Waals surface area contributed by atoms with Crippen LogP contribution in [0.2, 0.25) is 0 Å². The quantitative estimate of drug-likeness (QED) is 0.824. The van der Waals surface area contributed by atoms with Gasteiger partial charge in [-0.3, -0.25) is 4.98 Å². The predicted octanol–water partition coefficient (Wildman–Crippen LogP) is 3.04. The Balaban J connectivity index is 2.12. The van der Waals surface area contributed by atoms with Gasteiger partial charge in [0.25, 0.3) is 0 Å². The molecule has 5 heteroatoms. The molecule has 0 aliphatic rings. The summed E-state index contributed by atoms with van der Waals surface area (Å²) in [5.74, 6) is 0. The summed E-state index contributed by atoms with van der Waals surface area (Å²) in [6, 6.07) is 14.5. The molecule has 0 radical (unpaired) electrons. The lowest BCUT2D eigenvalue weighted by Gasteiger charge is -2.25. The number of benzene rings is 1. The fourth-order valence-corrected chi connectivity index (χ4v) is 2.54. The van der Waals surface area contributed by atoms with Crippen LogP contribution < -0.4 is 10.2 Å². The zero-order valence-electron chi connectivity index (χ0n) is 14.0. The lowest BCUT2D eigenvalue weighted by atomic mass is 10.2. The molecule has 0 amide bonds. The molecule has 0 unspecified atom stereocenters. The highest BCUT2D eigenvalue weighted by Gasteiger charge is 2.11. The molecule has 1 N–H and O–H groups in total. The van der Waals surface area contributed by atoms with E-state index in [9.17, 15) is 0 Å². The second-order valence-electron chi connectivity index (χ2n) is 5.57. The summed E-state index contributed by atoms with van der Waals surface area (Å²) in [5.41, 5.74) is 3.43. The number of rotatable bonds is 6. The van der Waals surface area contributed by atoms with Crippen molar-refractivity contribution in [3.63, 3.8) is 0 Å². The Kier molecular flexibility index (Phi) is 6.35. The van der Waals surface area contributed by atoms with Crippen molar-refractivity contribution < 1.29 is 0 Å². The van der Waals surface area contributed by atoms with Crippen LogP contribution in [0.4, 0.5) is 5.69 Å². The minimum Gasteiger partial charge on any atom is -0.378 e. The van der Waals surface area contributed by atoms with E-state index in [2.05, 4.69) is 51.3 Å². The Bertz CT molecular complexity index is 611. The minimum atomic E-state index is 0.697. The van der Waals surface area contributed by atoms with Gasteiger partial charge in [-0.1, -0.05) is 18.2 Å². The summed E-state index contributed by atoms with van der Waals surface area (Å²) in [7, 11) is 4.09. The average Bonchev–Trinajstić information content (AvgIpc) is 2.56. The average molecular weight is 328 g/mol. The highest BCUT2D eigenvalue weighted by molar-refractivity contribution is 7.80. The van der Waals surface area contributed by atoms with Crippen molar-refractivity contribution >= 4 is 23.0 Å². The lowest BCUT2D eigenvalue weighted by Crippen LogP contribution is -2.38. The van der Waals surface area contributed by atoms with Crippen LogP contribution in [0.25, 0.3) is 0 Å². The Morgan fingerprint density at radius 2 is 1.83 bits per heavy atom. The van der Waals surface area contributed by atoms with Crippen molar-refractivity contribution in [1.82, 2.24) is 15.2 Å². The Hall–Kier alpha value is -2.14. The largest absolute Gasteiger partial charge is 0.378 e. The first-order valence-electron chi connectivity index (χ1n) is 7.79. The van der Waals surface area contributed by atoms with Gasteiger partial charge in [0, 0.05) is 39.1 Å². The summed E-state index contributed by atoms with van der Waals surface area (Å²) in [4.78, 5) is 8.64. The fourth-order valence-electron chi connectivity index (χ4n) is 2.27. The van der Waals surface area contributed by atoms with Crippen molar-refractivity contribution in [1.29, 1.82) is 0 Å². The maximum absolute atomic E-state index is 5.52. The van der Waals surface area contributed by atoms with Crippen molar-refractivity contribution in [3.8, 4) is 0 Å². The van der Waals surface area contributed by atoms with E-state index in [0.717, 1.165) is 23.9 Å². The van der Waals surface area contributed by atoms with E-state index in [-0.39, 0.29) is 0 Å². The molecular weight excluding hydrogens is 304 g/mol. The van der Waals surface area contributed by atoms with Gasteiger partial charge >= 0.3 is 0 Å². The highest BCUT2D eigenvalue weighted by atomic mass is 32.1. The number of aromatic nitrogens is 1. The summed E-state index contributed by atoms with van der Waals surface area (Å²) >= 11 is 5.52. The zero-order chi connectivity index (χ0) is 16.7. The third kappa shape index (κ3) is 5.21. The van der Waals surface area contributed by atoms with Gasteiger partial charge in [-0.25, -0.2) is 0 Å². The van der Waals surface area contributed by atoms with Crippen molar-refractivity contribution in [2.45, 2.75) is 20.0 Å². The molecule has 0 aliphatic carbocycles. The molecule has 23 heavy (non-hydrogen) atoms. The molecule has 122 valence electrons. The smallest absolute Gasteiger partial charge is 0.169 e. The topological polar surface area (TPSA) is 31.4 Å². The van der Waals surface area contributed by atoms with Crippen LogP contribution in [0, 0.1) is 0 Å². The van der Waals surface area contributed by atoms with Gasteiger partial charge in [0.1, 0.15) is 0 Å². The molecule has 2 aromatic rings. The van der Waals surface area contributed by atoms with Gasteiger partial charge in [-0.05, 0) is 49.0 Å². The van der Waals surface area contributed by atoms with Gasteiger partial charge in [-0.15, -0.1) is 0 Å². The number of nitrogens with one attached hydrogen (secondary N) is 1. The van der Waals surface area contributed by atoms with Crippen LogP contribution in [-0.4, -0.2) is 35.6 Å². The maximum atomic E-state index is 5.52. The molecule has 0 fully saturated rings. The van der Waals surface area contributed by atoms with Gasteiger partial charge in [0.15, 0.2) is 5.11 Å². The number of nitrogens with zero attached hydrogens (tertiary/aromatic N) is 3. The van der Waals surface area contributed by atoms with Crippen molar-refractivity contribution in [3.05, 3.63) is 59.9 Å². The molecular formula is C18H24N4S. The van der Waals surface area contributed by atoms with E-state index in [1.807, 2.05) is 38.5 Å². The van der Waals surface area contributed by atoms with Crippen LogP contribution in [0.15, 0.2) is 48.7 Å². The normalized spacial score (nSPS) is 10.2. The molecule has 1 aromatic carbocycles. The first kappa shape index (κ1) is 17.2. The van der Waals surface area contributed by atoms with E-state index >= 15 is 0 Å². The first-order chi connectivity index (χ1) is 11.1. The second kappa shape index (κ2) is 8.48. The van der Waals surface area contributed by atoms with Crippen LogP contribution in [0.5, 0.6) is 0 Å². The number of thiocarbonyl (C=S) groups is 1. The maximum Gasteiger partial charge on any atom is 0.169 e. The standard InChI is InChI=1S/C18H24N4S/c1-4-19-18(23)22(14-16-7-5-6-12-20-16)13-15-8-10-17(11-9-15)21(2)3/h5-12H,4,13-14H2,1-3H3,(H,19,23). The van der Waals surface area contributed by atoms with Gasteiger partial charge in [0.05, 0.1) is 12.2 Å². The van der Waals surface area contributed by atoms with Crippen molar-refractivity contribution in [2.24, 2.45) is 0 Å². The van der Waals surface area contributed by atoms with Crippen LogP contribution in [0.3, 0.4) is 0 Å². The van der Waals surface area contributed by atoms with E-state index in [4.69, 9.17) is 12.2 Å². The SMILES string of the molecule is CCNC(=S)N(Cc1ccc(N(C)C)cc1)Cc1ccccn1. The summed E-state index contributed by atoms with van der Waals surface area (Å²) in [6.07, 6.45) is 1.82. The van der Waals surface area contributed by atoms with E-state index in [1.165, 1.54) is 11.3 Å². The third-order valence-corrected chi connectivity index (χ3v) is 3.92. The Labute approximate surface area is 144 Å². The summed E-state index contributed by atoms with van der Waals surface area (Å²) < 4.78 is 0. The fraction of sp³-hybridized carbons (Fsp3) is 0.333. The Morgan fingerprint density at radius 1 is 1.09 bits per heavy atom. The second-order valence-corrected chi connectivity index (χ2v) is 5.96. The lowest BCUT2D eigenvalue weighted by molar-refractivity contribution is 0.395. The van der Waals surface area contributed by atoms with Crippen LogP contribution in [-0.2, 0) is 13.1 Å². The number of hydrogen-bond donors (Lipinski definition) is 1. The molecule has 0 bridgehead atoms. The number of anilines is 1. The summed E-state index contributed by atoms with van der Waals surface area (Å²) in [6.45, 7) is 4.33. The molecule has 2 rings (SSSR count). The third-order valence-electron chi connectivity index (χ3n) is 3.52.